The molecule has 0 radical (unpaired) electrons. The Kier molecular flexibility index (Phi) is 9.65. The minimum absolute atomic E-state index is 0.000176. The fourth-order valence-electron chi connectivity index (χ4n) is 6.73. The molecule has 3 aromatic rings. The molecule has 2 aliphatic rings. The first-order valence-electron chi connectivity index (χ1n) is 15.7. The van der Waals surface area contributed by atoms with Gasteiger partial charge in [-0.05, 0) is 61.2 Å². The van der Waals surface area contributed by atoms with Crippen molar-refractivity contribution >= 4 is 17.6 Å². The molecule has 5 rings (SSSR count). The van der Waals surface area contributed by atoms with Crippen molar-refractivity contribution in [2.75, 3.05) is 52.5 Å². The van der Waals surface area contributed by atoms with Crippen LogP contribution in [0, 0.1) is 5.92 Å². The van der Waals surface area contributed by atoms with Gasteiger partial charge in [0.05, 0.1) is 33.6 Å². The molecule has 2 aromatic carbocycles. The van der Waals surface area contributed by atoms with Gasteiger partial charge in [-0.25, -0.2) is 0 Å². The number of aromatic nitrogens is 1. The van der Waals surface area contributed by atoms with Gasteiger partial charge in [-0.15, -0.1) is 0 Å². The van der Waals surface area contributed by atoms with Crippen LogP contribution in [0.15, 0.2) is 60.8 Å². The Morgan fingerprint density at radius 2 is 1.84 bits per heavy atom. The van der Waals surface area contributed by atoms with E-state index in [1.165, 1.54) is 5.56 Å². The molecule has 3 atom stereocenters. The number of aliphatic carboxylic acids is 1. The number of fused-ring (bicyclic) bond motifs is 1. The Bertz CT molecular complexity index is 1460. The van der Waals surface area contributed by atoms with E-state index in [9.17, 15) is 14.7 Å². The number of quaternary nitrogens is 1. The molecule has 236 valence electrons. The van der Waals surface area contributed by atoms with Crippen molar-refractivity contribution in [1.29, 1.82) is 0 Å². The van der Waals surface area contributed by atoms with Crippen LogP contribution in [0.2, 0.25) is 0 Å². The first kappa shape index (κ1) is 31.6. The lowest BCUT2D eigenvalue weighted by Gasteiger charge is -2.30. The van der Waals surface area contributed by atoms with Crippen LogP contribution in [0.25, 0.3) is 0 Å². The summed E-state index contributed by atoms with van der Waals surface area (Å²) in [5.41, 5.74) is 4.12. The lowest BCUT2D eigenvalue weighted by Crippen LogP contribution is -2.44. The van der Waals surface area contributed by atoms with Crippen LogP contribution < -0.4 is 14.4 Å². The minimum atomic E-state index is -0.838. The van der Waals surface area contributed by atoms with Crippen molar-refractivity contribution in [3.63, 3.8) is 0 Å². The first-order chi connectivity index (χ1) is 21.0. The Balaban J connectivity index is 1.44. The highest BCUT2D eigenvalue weighted by atomic mass is 16.7. The summed E-state index contributed by atoms with van der Waals surface area (Å²) in [6, 6.07) is 17.8. The molecule has 1 aromatic heterocycles. The third-order valence-corrected chi connectivity index (χ3v) is 8.86. The molecular weight excluding hydrogens is 556 g/mol. The van der Waals surface area contributed by atoms with E-state index in [-0.39, 0.29) is 31.2 Å². The standard InChI is InChI=1S/C35H46N4O5/c1-6-7-18-38(28-11-8-10-25(19-28)23-39(3,4)5)33(40)22-37-21-29(26-13-16-31-32(20-26)44-24-43-31)34(35(41)42)30(37)15-14-27-12-9-17-36(27)2/h8-13,16-17,19-20,29-30,34H,6-7,14-15,18,21-24H2,1-5H3/p+1/t29-,30+,34?/m1/s1. The maximum atomic E-state index is 14.2. The second-order valence-corrected chi connectivity index (χ2v) is 13.2. The van der Waals surface area contributed by atoms with Crippen LogP contribution in [0.1, 0.15) is 48.9 Å². The number of carbonyl (C=O) groups excluding carboxylic acids is 1. The van der Waals surface area contributed by atoms with Crippen molar-refractivity contribution in [2.45, 2.75) is 51.1 Å². The molecule has 3 heterocycles. The molecule has 1 saturated heterocycles. The summed E-state index contributed by atoms with van der Waals surface area (Å²) in [6.45, 7) is 4.40. The number of unbranched alkanes of at least 4 members (excludes halogenated alkanes) is 1. The summed E-state index contributed by atoms with van der Waals surface area (Å²) >= 11 is 0. The van der Waals surface area contributed by atoms with Crippen LogP contribution in [-0.2, 0) is 29.6 Å². The quantitative estimate of drug-likeness (QED) is 0.280. The minimum Gasteiger partial charge on any atom is -0.481 e. The average Bonchev–Trinajstić information content (AvgIpc) is 3.69. The van der Waals surface area contributed by atoms with Crippen molar-refractivity contribution in [1.82, 2.24) is 9.47 Å². The smallest absolute Gasteiger partial charge is 0.308 e. The summed E-state index contributed by atoms with van der Waals surface area (Å²) in [5, 5.41) is 10.6. The van der Waals surface area contributed by atoms with Crippen molar-refractivity contribution in [2.24, 2.45) is 13.0 Å². The molecule has 1 amide bonds. The molecule has 1 N–H and O–H groups in total. The molecular formula is C35H47N4O5+. The molecule has 0 bridgehead atoms. The topological polar surface area (TPSA) is 84.2 Å². The number of carboxylic acid groups (broad SMARTS) is 1. The Hall–Kier alpha value is -3.82. The monoisotopic (exact) mass is 603 g/mol. The van der Waals surface area contributed by atoms with E-state index < -0.39 is 11.9 Å². The van der Waals surface area contributed by atoms with Crippen LogP contribution in [-0.4, -0.2) is 84.5 Å². The van der Waals surface area contributed by atoms with E-state index in [4.69, 9.17) is 9.47 Å². The highest BCUT2D eigenvalue weighted by Gasteiger charge is 2.47. The summed E-state index contributed by atoms with van der Waals surface area (Å²) in [6.07, 6.45) is 5.23. The predicted octanol–water partition coefficient (Wildman–Crippen LogP) is 4.89. The van der Waals surface area contributed by atoms with E-state index in [1.54, 1.807) is 0 Å². The van der Waals surface area contributed by atoms with Crippen molar-refractivity contribution in [3.05, 3.63) is 77.6 Å². The Labute approximate surface area is 261 Å². The molecule has 44 heavy (non-hydrogen) atoms. The number of anilines is 1. The molecule has 1 unspecified atom stereocenters. The van der Waals surface area contributed by atoms with Gasteiger partial charge in [-0.1, -0.05) is 31.5 Å². The Morgan fingerprint density at radius 3 is 2.55 bits per heavy atom. The van der Waals surface area contributed by atoms with Crippen molar-refractivity contribution in [3.8, 4) is 11.5 Å². The third-order valence-electron chi connectivity index (χ3n) is 8.86. The molecule has 0 aliphatic carbocycles. The zero-order valence-electron chi connectivity index (χ0n) is 26.7. The van der Waals surface area contributed by atoms with Crippen LogP contribution in [0.3, 0.4) is 0 Å². The number of hydrogen-bond donors (Lipinski definition) is 1. The molecule has 2 aliphatic heterocycles. The fraction of sp³-hybridized carbons (Fsp3) is 0.486. The number of benzene rings is 2. The number of carboxylic acids is 1. The second-order valence-electron chi connectivity index (χ2n) is 13.2. The van der Waals surface area contributed by atoms with E-state index in [1.807, 2.05) is 54.5 Å². The number of ether oxygens (including phenoxy) is 2. The lowest BCUT2D eigenvalue weighted by atomic mass is 9.83. The number of amides is 1. The third kappa shape index (κ3) is 7.27. The fourth-order valence-corrected chi connectivity index (χ4v) is 6.73. The lowest BCUT2D eigenvalue weighted by molar-refractivity contribution is -0.884. The highest BCUT2D eigenvalue weighted by molar-refractivity contribution is 5.95. The van der Waals surface area contributed by atoms with Crippen LogP contribution in [0.4, 0.5) is 5.69 Å². The summed E-state index contributed by atoms with van der Waals surface area (Å²) < 4.78 is 14.0. The number of likely N-dealkylation sites (tertiary alicyclic amines) is 1. The van der Waals surface area contributed by atoms with Crippen LogP contribution in [0.5, 0.6) is 11.5 Å². The van der Waals surface area contributed by atoms with Gasteiger partial charge < -0.3 is 28.5 Å². The van der Waals surface area contributed by atoms with E-state index in [2.05, 4.69) is 55.7 Å². The van der Waals surface area contributed by atoms with E-state index in [0.717, 1.165) is 47.2 Å². The number of hydrogen-bond acceptors (Lipinski definition) is 5. The summed E-state index contributed by atoms with van der Waals surface area (Å²) in [4.78, 5) is 31.2. The van der Waals surface area contributed by atoms with Gasteiger partial charge in [0.15, 0.2) is 11.5 Å². The van der Waals surface area contributed by atoms with E-state index >= 15 is 0 Å². The number of aryl methyl sites for hydroxylation is 2. The number of carbonyl (C=O) groups is 2. The van der Waals surface area contributed by atoms with Gasteiger partial charge in [0.2, 0.25) is 12.7 Å². The zero-order valence-corrected chi connectivity index (χ0v) is 26.7. The molecule has 0 spiro atoms. The summed E-state index contributed by atoms with van der Waals surface area (Å²) in [7, 11) is 8.48. The van der Waals surface area contributed by atoms with Gasteiger partial charge in [0.25, 0.3) is 0 Å². The molecule has 1 fully saturated rings. The molecule has 0 saturated carbocycles. The van der Waals surface area contributed by atoms with Crippen molar-refractivity contribution < 1.29 is 28.7 Å². The predicted molar refractivity (Wildman–Crippen MR) is 171 cm³/mol. The van der Waals surface area contributed by atoms with Gasteiger partial charge in [0, 0.05) is 55.2 Å². The number of rotatable bonds is 13. The SMILES string of the molecule is CCCCN(C(=O)CN1C[C@H](c2ccc3c(c2)OCO3)C(C(=O)O)[C@@H]1CCc1cccn1C)c1cccc(C[N+](C)(C)C)c1. The van der Waals surface area contributed by atoms with Gasteiger partial charge >= 0.3 is 5.97 Å². The number of nitrogens with zero attached hydrogens (tertiary/aromatic N) is 4. The largest absolute Gasteiger partial charge is 0.481 e. The van der Waals surface area contributed by atoms with Crippen LogP contribution >= 0.6 is 0 Å². The second kappa shape index (κ2) is 13.4. The van der Waals surface area contributed by atoms with E-state index in [0.29, 0.717) is 31.0 Å². The maximum Gasteiger partial charge on any atom is 0.308 e. The summed E-state index contributed by atoms with van der Waals surface area (Å²) in [5.74, 6) is -0.480. The molecule has 9 heteroatoms. The average molecular weight is 604 g/mol. The van der Waals surface area contributed by atoms with Gasteiger partial charge in [-0.3, -0.25) is 14.5 Å². The van der Waals surface area contributed by atoms with Gasteiger partial charge in [0.1, 0.15) is 6.54 Å². The first-order valence-corrected chi connectivity index (χ1v) is 15.7. The zero-order chi connectivity index (χ0) is 31.4. The Morgan fingerprint density at radius 1 is 1.05 bits per heavy atom. The highest BCUT2D eigenvalue weighted by Crippen LogP contribution is 2.43. The molecule has 9 nitrogen and oxygen atoms in total. The maximum absolute atomic E-state index is 14.2. The normalized spacial score (nSPS) is 19.8. The van der Waals surface area contributed by atoms with Gasteiger partial charge in [-0.2, -0.15) is 0 Å².